The van der Waals surface area contributed by atoms with Crippen LogP contribution in [0.15, 0.2) is 53.3 Å². The van der Waals surface area contributed by atoms with E-state index in [1.54, 1.807) is 48.5 Å². The van der Waals surface area contributed by atoms with E-state index in [0.717, 1.165) is 0 Å². The van der Waals surface area contributed by atoms with Crippen LogP contribution in [0.2, 0.25) is 0 Å². The Morgan fingerprint density at radius 2 is 1.75 bits per heavy atom. The second-order valence-electron chi connectivity index (χ2n) is 7.90. The quantitative estimate of drug-likeness (QED) is 0.617. The number of para-hydroxylation sites is 2. The van der Waals surface area contributed by atoms with Gasteiger partial charge in [-0.3, -0.25) is 19.3 Å². The lowest BCUT2D eigenvalue weighted by Gasteiger charge is -2.28. The molecule has 0 spiro atoms. The smallest absolute Gasteiger partial charge is 0.359 e. The number of carbonyl (C=O) groups is 3. The van der Waals surface area contributed by atoms with Gasteiger partial charge in [0, 0.05) is 11.9 Å². The number of nitrogens with zero attached hydrogens (tertiary/aromatic N) is 3. The molecule has 2 amide bonds. The second-order valence-corrected chi connectivity index (χ2v) is 7.90. The van der Waals surface area contributed by atoms with Crippen LogP contribution in [-0.4, -0.2) is 40.7 Å². The number of ether oxygens (including phenoxy) is 1. The molecule has 4 rings (SSSR count). The van der Waals surface area contributed by atoms with Gasteiger partial charge in [0.05, 0.1) is 16.8 Å². The Morgan fingerprint density at radius 1 is 1.06 bits per heavy atom. The number of hydrogen-bond acceptors (Lipinski definition) is 6. The van der Waals surface area contributed by atoms with Crippen LogP contribution in [-0.2, 0) is 20.9 Å². The SMILES string of the molecule is CC(C)Cn1nc(C(=O)OCC(=O)N2CC(=O)Nc3ccccc32)c2ccccc2c1=O. The van der Waals surface area contributed by atoms with E-state index in [1.165, 1.54) is 9.58 Å². The first-order chi connectivity index (χ1) is 15.3. The van der Waals surface area contributed by atoms with Gasteiger partial charge < -0.3 is 10.1 Å². The molecule has 2 heterocycles. The Hall–Kier alpha value is -4.01. The van der Waals surface area contributed by atoms with Crippen molar-refractivity contribution in [2.45, 2.75) is 20.4 Å². The van der Waals surface area contributed by atoms with Gasteiger partial charge in [-0.1, -0.05) is 44.2 Å². The first kappa shape index (κ1) is 21.2. The Morgan fingerprint density at radius 3 is 2.50 bits per heavy atom. The van der Waals surface area contributed by atoms with Gasteiger partial charge in [-0.25, -0.2) is 9.48 Å². The largest absolute Gasteiger partial charge is 0.451 e. The maximum absolute atomic E-state index is 12.9. The van der Waals surface area contributed by atoms with Crippen molar-refractivity contribution in [2.24, 2.45) is 5.92 Å². The number of anilines is 2. The zero-order chi connectivity index (χ0) is 22.8. The number of nitrogens with one attached hydrogen (secondary N) is 1. The highest BCUT2D eigenvalue weighted by Crippen LogP contribution is 2.28. The molecule has 9 heteroatoms. The monoisotopic (exact) mass is 434 g/mol. The fourth-order valence-electron chi connectivity index (χ4n) is 3.58. The van der Waals surface area contributed by atoms with E-state index < -0.39 is 18.5 Å². The van der Waals surface area contributed by atoms with Crippen molar-refractivity contribution in [2.75, 3.05) is 23.4 Å². The highest BCUT2D eigenvalue weighted by molar-refractivity contribution is 6.11. The molecule has 164 valence electrons. The third-order valence-electron chi connectivity index (χ3n) is 5.00. The third kappa shape index (κ3) is 4.09. The summed E-state index contributed by atoms with van der Waals surface area (Å²) in [4.78, 5) is 51.5. The van der Waals surface area contributed by atoms with Crippen LogP contribution in [0.25, 0.3) is 10.8 Å². The van der Waals surface area contributed by atoms with E-state index >= 15 is 0 Å². The molecule has 0 saturated carbocycles. The summed E-state index contributed by atoms with van der Waals surface area (Å²) in [6.07, 6.45) is 0. The lowest BCUT2D eigenvalue weighted by molar-refractivity contribution is -0.124. The number of benzene rings is 2. The third-order valence-corrected chi connectivity index (χ3v) is 5.00. The molecule has 0 unspecified atom stereocenters. The molecule has 2 aromatic carbocycles. The van der Waals surface area contributed by atoms with Crippen LogP contribution in [0.5, 0.6) is 0 Å². The van der Waals surface area contributed by atoms with Crippen molar-refractivity contribution in [3.8, 4) is 0 Å². The molecule has 3 aromatic rings. The lowest BCUT2D eigenvalue weighted by atomic mass is 10.1. The van der Waals surface area contributed by atoms with Gasteiger partial charge in [-0.15, -0.1) is 0 Å². The van der Waals surface area contributed by atoms with Gasteiger partial charge in [0.25, 0.3) is 11.5 Å². The maximum atomic E-state index is 12.9. The molecule has 0 atom stereocenters. The molecule has 9 nitrogen and oxygen atoms in total. The molecule has 1 N–H and O–H groups in total. The minimum atomic E-state index is -0.818. The minimum Gasteiger partial charge on any atom is -0.451 e. The van der Waals surface area contributed by atoms with E-state index in [4.69, 9.17) is 4.74 Å². The number of fused-ring (bicyclic) bond motifs is 2. The van der Waals surface area contributed by atoms with Crippen molar-refractivity contribution in [3.63, 3.8) is 0 Å². The molecule has 32 heavy (non-hydrogen) atoms. The van der Waals surface area contributed by atoms with Crippen LogP contribution in [0.4, 0.5) is 11.4 Å². The van der Waals surface area contributed by atoms with Crippen LogP contribution in [0.1, 0.15) is 24.3 Å². The average Bonchev–Trinajstić information content (AvgIpc) is 2.78. The molecule has 1 aromatic heterocycles. The molecule has 0 saturated heterocycles. The van der Waals surface area contributed by atoms with Crippen molar-refractivity contribution in [1.29, 1.82) is 0 Å². The fraction of sp³-hybridized carbons (Fsp3) is 0.261. The minimum absolute atomic E-state index is 0.0366. The molecule has 0 radical (unpaired) electrons. The molecule has 0 fully saturated rings. The number of esters is 1. The average molecular weight is 434 g/mol. The van der Waals surface area contributed by atoms with Gasteiger partial charge in [0.1, 0.15) is 6.54 Å². The number of carbonyl (C=O) groups excluding carboxylic acids is 3. The van der Waals surface area contributed by atoms with Crippen LogP contribution in [0, 0.1) is 5.92 Å². The normalized spacial score (nSPS) is 13.1. The van der Waals surface area contributed by atoms with Gasteiger partial charge in [0.15, 0.2) is 12.3 Å². The maximum Gasteiger partial charge on any atom is 0.359 e. The number of amides is 2. The van der Waals surface area contributed by atoms with E-state index in [2.05, 4.69) is 10.4 Å². The van der Waals surface area contributed by atoms with Crippen molar-refractivity contribution in [3.05, 3.63) is 64.6 Å². The molecule has 0 bridgehead atoms. The van der Waals surface area contributed by atoms with E-state index in [1.807, 2.05) is 13.8 Å². The second kappa shape index (κ2) is 8.62. The Bertz CT molecular complexity index is 1280. The summed E-state index contributed by atoms with van der Waals surface area (Å²) in [6.45, 7) is 3.47. The van der Waals surface area contributed by atoms with Crippen LogP contribution in [0.3, 0.4) is 0 Å². The van der Waals surface area contributed by atoms with Gasteiger partial charge in [-0.05, 0) is 24.1 Å². The number of hydrogen-bond donors (Lipinski definition) is 1. The highest BCUT2D eigenvalue weighted by atomic mass is 16.5. The van der Waals surface area contributed by atoms with E-state index in [0.29, 0.717) is 28.7 Å². The van der Waals surface area contributed by atoms with Crippen molar-refractivity contribution < 1.29 is 19.1 Å². The zero-order valence-electron chi connectivity index (χ0n) is 17.7. The lowest BCUT2D eigenvalue weighted by Crippen LogP contribution is -2.44. The zero-order valence-corrected chi connectivity index (χ0v) is 17.7. The highest BCUT2D eigenvalue weighted by Gasteiger charge is 2.28. The topological polar surface area (TPSA) is 111 Å². The number of aromatic nitrogens is 2. The Labute approximate surface area is 183 Å². The summed E-state index contributed by atoms with van der Waals surface area (Å²) >= 11 is 0. The summed E-state index contributed by atoms with van der Waals surface area (Å²) in [5.74, 6) is -1.56. The summed E-state index contributed by atoms with van der Waals surface area (Å²) in [5.41, 5.74) is 0.711. The molecule has 0 aliphatic carbocycles. The summed E-state index contributed by atoms with van der Waals surface area (Å²) < 4.78 is 6.51. The molecule has 1 aliphatic heterocycles. The van der Waals surface area contributed by atoms with Gasteiger partial charge in [0.2, 0.25) is 5.91 Å². The first-order valence-corrected chi connectivity index (χ1v) is 10.2. The Kier molecular flexibility index (Phi) is 5.72. The van der Waals surface area contributed by atoms with Crippen molar-refractivity contribution in [1.82, 2.24) is 9.78 Å². The summed E-state index contributed by atoms with van der Waals surface area (Å²) in [6, 6.07) is 13.5. The van der Waals surface area contributed by atoms with E-state index in [-0.39, 0.29) is 29.6 Å². The van der Waals surface area contributed by atoms with Crippen LogP contribution < -0.4 is 15.8 Å². The van der Waals surface area contributed by atoms with Crippen LogP contribution >= 0.6 is 0 Å². The van der Waals surface area contributed by atoms with Gasteiger partial charge in [-0.2, -0.15) is 5.10 Å². The molecule has 1 aliphatic rings. The Balaban J connectivity index is 1.59. The summed E-state index contributed by atoms with van der Waals surface area (Å²) in [5, 5.41) is 7.63. The fourth-order valence-corrected chi connectivity index (χ4v) is 3.58. The van der Waals surface area contributed by atoms with Crippen molar-refractivity contribution >= 4 is 39.9 Å². The predicted octanol–water partition coefficient (Wildman–Crippen LogP) is 2.19. The molecular formula is C23H22N4O5. The standard InChI is InChI=1S/C23H22N4O5/c1-14(2)11-27-22(30)16-8-4-3-7-15(16)21(25-27)23(31)32-13-20(29)26-12-19(28)24-17-9-5-6-10-18(17)26/h3-10,14H,11-13H2,1-2H3,(H,24,28). The van der Waals surface area contributed by atoms with Gasteiger partial charge >= 0.3 is 5.97 Å². The van der Waals surface area contributed by atoms with E-state index in [9.17, 15) is 19.2 Å². The number of rotatable bonds is 5. The first-order valence-electron chi connectivity index (χ1n) is 10.2. The molecular weight excluding hydrogens is 412 g/mol. The predicted molar refractivity (Wildman–Crippen MR) is 119 cm³/mol. The summed E-state index contributed by atoms with van der Waals surface area (Å²) in [7, 11) is 0.